The predicted octanol–water partition coefficient (Wildman–Crippen LogP) is 4.39. The molecule has 1 heterocycles. The van der Waals surface area contributed by atoms with Crippen molar-refractivity contribution in [3.63, 3.8) is 0 Å². The summed E-state index contributed by atoms with van der Waals surface area (Å²) in [6.07, 6.45) is 2.31. The molecule has 0 unspecified atom stereocenters. The summed E-state index contributed by atoms with van der Waals surface area (Å²) in [5.41, 5.74) is 5.43. The number of thioether (sulfide) groups is 1. The second kappa shape index (κ2) is 6.30. The first-order valence-corrected chi connectivity index (χ1v) is 10.5. The Morgan fingerprint density at radius 2 is 2.04 bits per heavy atom. The van der Waals surface area contributed by atoms with Crippen LogP contribution in [0.3, 0.4) is 0 Å². The van der Waals surface area contributed by atoms with Gasteiger partial charge in [0.25, 0.3) is 0 Å². The van der Waals surface area contributed by atoms with Gasteiger partial charge in [-0.3, -0.25) is 4.79 Å². The molecule has 27 heavy (non-hydrogen) atoms. The summed E-state index contributed by atoms with van der Waals surface area (Å²) in [7, 11) is 0. The minimum Gasteiger partial charge on any atom is -0.325 e. The monoisotopic (exact) mass is 382 g/mol. The van der Waals surface area contributed by atoms with Crippen molar-refractivity contribution >= 4 is 23.4 Å². The first-order valence-electron chi connectivity index (χ1n) is 9.47. The maximum absolute atomic E-state index is 12.4. The van der Waals surface area contributed by atoms with Crippen LogP contribution in [0, 0.1) is 19.3 Å². The molecule has 1 aromatic carbocycles. The Hall–Kier alpha value is -1.95. The molecule has 6 heteroatoms. The molecule has 2 aliphatic rings. The molecule has 0 radical (unpaired) electrons. The highest BCUT2D eigenvalue weighted by molar-refractivity contribution is 7.99. The van der Waals surface area contributed by atoms with Gasteiger partial charge >= 0.3 is 0 Å². The highest BCUT2D eigenvalue weighted by atomic mass is 32.2. The lowest BCUT2D eigenvalue weighted by molar-refractivity contribution is -0.113. The number of hydrogen-bond donors (Lipinski definition) is 1. The van der Waals surface area contributed by atoms with Crippen LogP contribution in [0.1, 0.15) is 62.0 Å². The van der Waals surface area contributed by atoms with Crippen LogP contribution in [-0.4, -0.2) is 26.8 Å². The van der Waals surface area contributed by atoms with Gasteiger partial charge in [-0.2, -0.15) is 5.10 Å². The van der Waals surface area contributed by atoms with E-state index in [0.29, 0.717) is 11.1 Å². The van der Waals surface area contributed by atoms with Crippen LogP contribution in [0.2, 0.25) is 0 Å². The van der Waals surface area contributed by atoms with E-state index in [0.717, 1.165) is 41.0 Å². The predicted molar refractivity (Wildman–Crippen MR) is 108 cm³/mol. The Labute approximate surface area is 164 Å². The number of anilines is 1. The van der Waals surface area contributed by atoms with Gasteiger partial charge in [-0.05, 0) is 49.3 Å². The van der Waals surface area contributed by atoms with E-state index in [1.54, 1.807) is 0 Å². The molecule has 2 aliphatic carbocycles. The van der Waals surface area contributed by atoms with E-state index < -0.39 is 0 Å². The van der Waals surface area contributed by atoms with Crippen LogP contribution in [0.5, 0.6) is 0 Å². The average Bonchev–Trinajstić information content (AvgIpc) is 2.95. The Bertz CT molecular complexity index is 926. The number of carbonyl (C=O) groups is 1. The van der Waals surface area contributed by atoms with E-state index in [9.17, 15) is 4.79 Å². The minimum atomic E-state index is -0.0501. The lowest BCUT2D eigenvalue weighted by Crippen LogP contribution is -2.32. The third kappa shape index (κ3) is 2.85. The van der Waals surface area contributed by atoms with Crippen LogP contribution in [0.4, 0.5) is 5.69 Å². The molecule has 1 fully saturated rings. The molecular weight excluding hydrogens is 356 g/mol. The lowest BCUT2D eigenvalue weighted by Gasteiger charge is -2.33. The smallest absolute Gasteiger partial charge is 0.234 e. The van der Waals surface area contributed by atoms with Crippen molar-refractivity contribution in [3.05, 3.63) is 40.7 Å². The van der Waals surface area contributed by atoms with Crippen LogP contribution >= 0.6 is 11.8 Å². The molecule has 0 spiro atoms. The van der Waals surface area contributed by atoms with E-state index >= 15 is 0 Å². The van der Waals surface area contributed by atoms with Crippen molar-refractivity contribution < 1.29 is 4.79 Å². The van der Waals surface area contributed by atoms with E-state index in [-0.39, 0.29) is 22.5 Å². The molecule has 4 rings (SSSR count). The van der Waals surface area contributed by atoms with E-state index in [2.05, 4.69) is 36.3 Å². The molecule has 1 N–H and O–H groups in total. The summed E-state index contributed by atoms with van der Waals surface area (Å²) < 4.78 is 0. The summed E-state index contributed by atoms with van der Waals surface area (Å²) >= 11 is 1.35. The third-order valence-electron chi connectivity index (χ3n) is 6.77. The van der Waals surface area contributed by atoms with Gasteiger partial charge in [0.2, 0.25) is 11.1 Å². The molecule has 2 bridgehead atoms. The van der Waals surface area contributed by atoms with Crippen molar-refractivity contribution in [1.29, 1.82) is 0 Å². The summed E-state index contributed by atoms with van der Waals surface area (Å²) in [5.74, 6) is 0.673. The van der Waals surface area contributed by atoms with Gasteiger partial charge < -0.3 is 5.32 Å². The fourth-order valence-corrected chi connectivity index (χ4v) is 5.20. The summed E-state index contributed by atoms with van der Waals surface area (Å²) in [6, 6.07) is 6.05. The van der Waals surface area contributed by atoms with Gasteiger partial charge in [0, 0.05) is 17.0 Å². The quantitative estimate of drug-likeness (QED) is 0.794. The number of aromatic nitrogens is 3. The summed E-state index contributed by atoms with van der Waals surface area (Å²) in [5, 5.41) is 12.4. The molecule has 1 amide bonds. The highest BCUT2D eigenvalue weighted by Crippen LogP contribution is 2.66. The SMILES string of the molecule is Cc1ccc(C)c(NC(=O)CSc2nnc3c(n2)[C@]2(C)CC[C@@H]3C2(C)C)c1. The number of carbonyl (C=O) groups excluding carboxylic acids is 1. The second-order valence-corrected chi connectivity index (χ2v) is 9.57. The molecule has 5 nitrogen and oxygen atoms in total. The van der Waals surface area contributed by atoms with Gasteiger partial charge in [-0.15, -0.1) is 5.10 Å². The average molecular weight is 383 g/mol. The van der Waals surface area contributed by atoms with Crippen LogP contribution in [0.15, 0.2) is 23.4 Å². The van der Waals surface area contributed by atoms with Gasteiger partial charge in [-0.1, -0.05) is 44.7 Å². The van der Waals surface area contributed by atoms with Crippen molar-refractivity contribution in [2.75, 3.05) is 11.1 Å². The zero-order valence-corrected chi connectivity index (χ0v) is 17.4. The number of rotatable bonds is 4. The lowest BCUT2D eigenvalue weighted by atomic mass is 9.70. The Morgan fingerprint density at radius 1 is 1.26 bits per heavy atom. The number of benzene rings is 1. The molecule has 2 aromatic rings. The largest absolute Gasteiger partial charge is 0.325 e. The van der Waals surface area contributed by atoms with E-state index in [4.69, 9.17) is 4.98 Å². The standard InChI is InChI=1S/C21H26N4OS/c1-12-6-7-13(2)15(10-12)22-16(26)11-27-19-23-18-17(24-25-19)14-8-9-21(18,5)20(14,3)4/h6-7,10,14H,8-9,11H2,1-5H3,(H,22,26)/t14-,21-/m0/s1. The molecule has 142 valence electrons. The molecule has 1 aromatic heterocycles. The Morgan fingerprint density at radius 3 is 2.81 bits per heavy atom. The van der Waals surface area contributed by atoms with Crippen LogP contribution in [0.25, 0.3) is 0 Å². The zero-order chi connectivity index (χ0) is 19.4. The number of hydrogen-bond acceptors (Lipinski definition) is 5. The van der Waals surface area contributed by atoms with Gasteiger partial charge in [0.1, 0.15) is 0 Å². The van der Waals surface area contributed by atoms with Crippen molar-refractivity contribution in [3.8, 4) is 0 Å². The normalized spacial score (nSPS) is 24.7. The molecular formula is C21H26N4OS. The second-order valence-electron chi connectivity index (χ2n) is 8.63. The van der Waals surface area contributed by atoms with Crippen molar-refractivity contribution in [1.82, 2.24) is 15.2 Å². The summed E-state index contributed by atoms with van der Waals surface area (Å²) in [4.78, 5) is 17.2. The zero-order valence-electron chi connectivity index (χ0n) is 16.6. The molecule has 2 atom stereocenters. The molecule has 0 saturated heterocycles. The van der Waals surface area contributed by atoms with Crippen LogP contribution in [-0.2, 0) is 10.2 Å². The van der Waals surface area contributed by atoms with Crippen molar-refractivity contribution in [2.24, 2.45) is 5.41 Å². The number of nitrogens with zero attached hydrogens (tertiary/aromatic N) is 3. The summed E-state index contributed by atoms with van der Waals surface area (Å²) in [6.45, 7) is 10.9. The van der Waals surface area contributed by atoms with E-state index in [1.807, 2.05) is 32.0 Å². The van der Waals surface area contributed by atoms with Gasteiger partial charge in [0.05, 0.1) is 17.1 Å². The third-order valence-corrected chi connectivity index (χ3v) is 7.61. The van der Waals surface area contributed by atoms with Gasteiger partial charge in [-0.25, -0.2) is 4.98 Å². The topological polar surface area (TPSA) is 67.8 Å². The number of nitrogens with one attached hydrogen (secondary N) is 1. The Kier molecular flexibility index (Phi) is 4.29. The molecule has 1 saturated carbocycles. The van der Waals surface area contributed by atoms with E-state index in [1.165, 1.54) is 11.8 Å². The maximum atomic E-state index is 12.4. The maximum Gasteiger partial charge on any atom is 0.234 e. The number of amides is 1. The fraction of sp³-hybridized carbons (Fsp3) is 0.524. The first kappa shape index (κ1) is 18.4. The minimum absolute atomic E-state index is 0.0501. The fourth-order valence-electron chi connectivity index (χ4n) is 4.61. The number of aryl methyl sites for hydroxylation is 2. The molecule has 0 aliphatic heterocycles. The van der Waals surface area contributed by atoms with Crippen LogP contribution < -0.4 is 5.32 Å². The van der Waals surface area contributed by atoms with Gasteiger partial charge in [0.15, 0.2) is 0 Å². The first-order chi connectivity index (χ1) is 12.7. The number of fused-ring (bicyclic) bond motifs is 5. The van der Waals surface area contributed by atoms with Crippen molar-refractivity contribution in [2.45, 2.75) is 63.9 Å². The Balaban J connectivity index is 1.46. The highest BCUT2D eigenvalue weighted by Gasteiger charge is 2.61.